The Morgan fingerprint density at radius 2 is 1.89 bits per heavy atom. The van der Waals surface area contributed by atoms with Gasteiger partial charge < -0.3 is 24.6 Å². The summed E-state index contributed by atoms with van der Waals surface area (Å²) in [6.07, 6.45) is 0. The third-order valence-electron chi connectivity index (χ3n) is 4.68. The van der Waals surface area contributed by atoms with Gasteiger partial charge in [0.15, 0.2) is 11.4 Å². The van der Waals surface area contributed by atoms with E-state index in [2.05, 4.69) is 32.4 Å². The molecular formula is C18H19N5O4. The van der Waals surface area contributed by atoms with Crippen molar-refractivity contribution >= 4 is 34.5 Å². The number of nitrogens with one attached hydrogen (secondary N) is 2. The number of aromatic nitrogens is 2. The third-order valence-corrected chi connectivity index (χ3v) is 4.68. The molecule has 0 atom stereocenters. The molecule has 1 aromatic carbocycles. The fourth-order valence-electron chi connectivity index (χ4n) is 3.07. The Hall–Kier alpha value is -3.33. The minimum atomic E-state index is -1.18. The number of carboxylic acid groups (broad SMARTS) is 1. The van der Waals surface area contributed by atoms with Gasteiger partial charge in [-0.05, 0) is 31.3 Å². The Labute approximate surface area is 154 Å². The van der Waals surface area contributed by atoms with Crippen LogP contribution in [0, 0.1) is 0 Å². The number of rotatable bonds is 4. The molecule has 0 bridgehead atoms. The number of anilines is 2. The van der Waals surface area contributed by atoms with Crippen molar-refractivity contribution in [3.63, 3.8) is 0 Å². The van der Waals surface area contributed by atoms with Crippen LogP contribution in [0.4, 0.5) is 11.5 Å². The first-order valence-electron chi connectivity index (χ1n) is 8.57. The maximum Gasteiger partial charge on any atom is 0.371 e. The molecule has 0 spiro atoms. The van der Waals surface area contributed by atoms with Gasteiger partial charge in [-0.25, -0.2) is 4.79 Å². The van der Waals surface area contributed by atoms with Gasteiger partial charge in [0.1, 0.15) is 5.52 Å². The van der Waals surface area contributed by atoms with Gasteiger partial charge in [0.05, 0.1) is 0 Å². The molecule has 2 aromatic heterocycles. The first kappa shape index (κ1) is 17.1. The quantitative estimate of drug-likeness (QED) is 0.643. The predicted octanol–water partition coefficient (Wildman–Crippen LogP) is 1.86. The van der Waals surface area contributed by atoms with Crippen LogP contribution in [0.1, 0.15) is 20.9 Å². The maximum absolute atomic E-state index is 12.5. The molecule has 3 N–H and O–H groups in total. The fraction of sp³-hybridized carbons (Fsp3) is 0.278. The molecule has 1 aliphatic rings. The SMILES string of the molecule is CN1CCN(c2ccc(C(=O)Nc3n[nH]c4cc(C(=O)O)oc34)cc2)CC1. The van der Waals surface area contributed by atoms with Crippen LogP contribution in [0.15, 0.2) is 34.7 Å². The first-order chi connectivity index (χ1) is 13.0. The molecule has 1 aliphatic heterocycles. The first-order valence-corrected chi connectivity index (χ1v) is 8.57. The molecule has 4 rings (SSSR count). The number of carbonyl (C=O) groups excluding carboxylic acids is 1. The second kappa shape index (κ2) is 6.76. The van der Waals surface area contributed by atoms with E-state index in [0.29, 0.717) is 11.1 Å². The van der Waals surface area contributed by atoms with Crippen molar-refractivity contribution in [2.24, 2.45) is 0 Å². The molecule has 27 heavy (non-hydrogen) atoms. The van der Waals surface area contributed by atoms with Crippen LogP contribution in [0.2, 0.25) is 0 Å². The van der Waals surface area contributed by atoms with E-state index >= 15 is 0 Å². The van der Waals surface area contributed by atoms with Gasteiger partial charge in [-0.2, -0.15) is 5.10 Å². The third kappa shape index (κ3) is 3.36. The average Bonchev–Trinajstić information content (AvgIpc) is 3.25. The Balaban J connectivity index is 1.47. The summed E-state index contributed by atoms with van der Waals surface area (Å²) in [5, 5.41) is 18.2. The predicted molar refractivity (Wildman–Crippen MR) is 99.4 cm³/mol. The topological polar surface area (TPSA) is 115 Å². The molecule has 0 radical (unpaired) electrons. The molecule has 0 saturated carbocycles. The largest absolute Gasteiger partial charge is 0.475 e. The average molecular weight is 369 g/mol. The maximum atomic E-state index is 12.5. The smallest absolute Gasteiger partial charge is 0.371 e. The fourth-order valence-corrected chi connectivity index (χ4v) is 3.07. The number of nitrogens with zero attached hydrogens (tertiary/aromatic N) is 3. The standard InChI is InChI=1S/C18H19N5O4/c1-22-6-8-23(9-7-22)12-4-2-11(3-5-12)17(24)19-16-15-13(20-21-16)10-14(27-15)18(25)26/h2-5,10H,6-9H2,1H3,(H,25,26)(H2,19,20,21,24). The van der Waals surface area contributed by atoms with E-state index in [1.54, 1.807) is 12.1 Å². The Morgan fingerprint density at radius 3 is 2.56 bits per heavy atom. The highest BCUT2D eigenvalue weighted by molar-refractivity contribution is 6.07. The lowest BCUT2D eigenvalue weighted by Gasteiger charge is -2.34. The highest BCUT2D eigenvalue weighted by atomic mass is 16.4. The summed E-state index contributed by atoms with van der Waals surface area (Å²) < 4.78 is 5.23. The summed E-state index contributed by atoms with van der Waals surface area (Å²) in [5.74, 6) is -1.59. The van der Waals surface area contributed by atoms with E-state index in [0.717, 1.165) is 31.9 Å². The van der Waals surface area contributed by atoms with Gasteiger partial charge in [-0.15, -0.1) is 0 Å². The minimum absolute atomic E-state index is 0.158. The monoisotopic (exact) mass is 369 g/mol. The van der Waals surface area contributed by atoms with Crippen LogP contribution < -0.4 is 10.2 Å². The van der Waals surface area contributed by atoms with Crippen molar-refractivity contribution in [1.82, 2.24) is 15.1 Å². The highest BCUT2D eigenvalue weighted by Gasteiger charge is 2.19. The van der Waals surface area contributed by atoms with Crippen LogP contribution in [-0.4, -0.2) is 65.3 Å². The van der Waals surface area contributed by atoms with E-state index in [-0.39, 0.29) is 23.1 Å². The van der Waals surface area contributed by atoms with E-state index in [1.807, 2.05) is 12.1 Å². The summed E-state index contributed by atoms with van der Waals surface area (Å²) >= 11 is 0. The van der Waals surface area contributed by atoms with Gasteiger partial charge in [0.2, 0.25) is 5.76 Å². The molecule has 140 valence electrons. The van der Waals surface area contributed by atoms with E-state index in [1.165, 1.54) is 6.07 Å². The Kier molecular flexibility index (Phi) is 4.28. The van der Waals surface area contributed by atoms with Gasteiger partial charge in [-0.1, -0.05) is 0 Å². The van der Waals surface area contributed by atoms with Crippen molar-refractivity contribution in [2.45, 2.75) is 0 Å². The van der Waals surface area contributed by atoms with Crippen molar-refractivity contribution in [3.8, 4) is 0 Å². The van der Waals surface area contributed by atoms with Gasteiger partial charge in [0.25, 0.3) is 5.91 Å². The summed E-state index contributed by atoms with van der Waals surface area (Å²) in [5.41, 5.74) is 2.18. The van der Waals surface area contributed by atoms with Crippen molar-refractivity contribution in [3.05, 3.63) is 41.7 Å². The summed E-state index contributed by atoms with van der Waals surface area (Å²) in [7, 11) is 2.11. The molecule has 3 heterocycles. The molecule has 9 nitrogen and oxygen atoms in total. The lowest BCUT2D eigenvalue weighted by Crippen LogP contribution is -2.44. The molecule has 1 saturated heterocycles. The summed E-state index contributed by atoms with van der Waals surface area (Å²) in [6, 6.07) is 8.70. The number of aromatic amines is 1. The number of furan rings is 1. The van der Waals surface area contributed by atoms with Crippen molar-refractivity contribution < 1.29 is 19.1 Å². The molecular weight excluding hydrogens is 350 g/mol. The zero-order valence-corrected chi connectivity index (χ0v) is 14.7. The van der Waals surface area contributed by atoms with E-state index < -0.39 is 5.97 Å². The van der Waals surface area contributed by atoms with Crippen LogP contribution in [-0.2, 0) is 0 Å². The zero-order chi connectivity index (χ0) is 19.0. The number of benzene rings is 1. The second-order valence-electron chi connectivity index (χ2n) is 6.52. The number of piperazine rings is 1. The summed E-state index contributed by atoms with van der Waals surface area (Å²) in [6.45, 7) is 3.94. The van der Waals surface area contributed by atoms with Crippen molar-refractivity contribution in [1.29, 1.82) is 0 Å². The number of aromatic carboxylic acids is 1. The van der Waals surface area contributed by atoms with Crippen LogP contribution in [0.5, 0.6) is 0 Å². The molecule has 9 heteroatoms. The Morgan fingerprint density at radius 1 is 1.19 bits per heavy atom. The number of carboxylic acids is 1. The molecule has 3 aromatic rings. The lowest BCUT2D eigenvalue weighted by atomic mass is 10.1. The number of fused-ring (bicyclic) bond motifs is 1. The number of likely N-dealkylation sites (N-methyl/N-ethyl adjacent to an activating group) is 1. The number of amides is 1. The molecule has 0 unspecified atom stereocenters. The Bertz CT molecular complexity index is 983. The van der Waals surface area contributed by atoms with Gasteiger partial charge >= 0.3 is 5.97 Å². The second-order valence-corrected chi connectivity index (χ2v) is 6.52. The molecule has 1 fully saturated rings. The van der Waals surface area contributed by atoms with E-state index in [9.17, 15) is 9.59 Å². The van der Waals surface area contributed by atoms with Gasteiger partial charge in [0, 0.05) is 43.5 Å². The number of H-pyrrole nitrogens is 1. The normalized spacial score (nSPS) is 15.2. The lowest BCUT2D eigenvalue weighted by molar-refractivity contribution is 0.0665. The van der Waals surface area contributed by atoms with Crippen LogP contribution in [0.25, 0.3) is 11.1 Å². The van der Waals surface area contributed by atoms with E-state index in [4.69, 9.17) is 9.52 Å². The highest BCUT2D eigenvalue weighted by Crippen LogP contribution is 2.25. The van der Waals surface area contributed by atoms with Crippen LogP contribution >= 0.6 is 0 Å². The number of hydrogen-bond donors (Lipinski definition) is 3. The van der Waals surface area contributed by atoms with Gasteiger partial charge in [-0.3, -0.25) is 9.89 Å². The van der Waals surface area contributed by atoms with Crippen molar-refractivity contribution in [2.75, 3.05) is 43.4 Å². The molecule has 0 aliphatic carbocycles. The zero-order valence-electron chi connectivity index (χ0n) is 14.7. The minimum Gasteiger partial charge on any atom is -0.475 e. The number of hydrogen-bond acceptors (Lipinski definition) is 6. The molecule has 1 amide bonds. The number of carbonyl (C=O) groups is 2. The summed E-state index contributed by atoms with van der Waals surface area (Å²) in [4.78, 5) is 28.0. The van der Waals surface area contributed by atoms with Crippen LogP contribution in [0.3, 0.4) is 0 Å².